The Kier molecular flexibility index (Phi) is 5.18. The van der Waals surface area contributed by atoms with Crippen molar-refractivity contribution >= 4 is 22.8 Å². The standard InChI is InChI=1S/C26H26N2O3/c1-16(25(29)28-21-14-6-9-17-8-2-3-10-18(17)21)31-26(30)24-19-11-4-5-13-22(19)27-23-15-7-12-20(23)24/h2-5,8,10-11,13,16,21H,6-7,9,12,14-15H2,1H3,(H,28,29)/t16-,21+/m0/s1. The van der Waals surface area contributed by atoms with Gasteiger partial charge in [-0.05, 0) is 68.2 Å². The highest BCUT2D eigenvalue weighted by atomic mass is 16.5. The zero-order chi connectivity index (χ0) is 21.4. The van der Waals surface area contributed by atoms with Crippen LogP contribution in [-0.4, -0.2) is 23.0 Å². The van der Waals surface area contributed by atoms with E-state index in [4.69, 9.17) is 9.72 Å². The molecule has 5 nitrogen and oxygen atoms in total. The molecular formula is C26H26N2O3. The Morgan fingerprint density at radius 3 is 2.74 bits per heavy atom. The molecule has 0 spiro atoms. The summed E-state index contributed by atoms with van der Waals surface area (Å²) in [5.41, 5.74) is 5.76. The number of nitrogens with one attached hydrogen (secondary N) is 1. The average molecular weight is 415 g/mol. The molecule has 1 heterocycles. The zero-order valence-corrected chi connectivity index (χ0v) is 17.7. The molecule has 5 rings (SSSR count). The molecule has 1 aromatic heterocycles. The van der Waals surface area contributed by atoms with E-state index in [9.17, 15) is 9.59 Å². The summed E-state index contributed by atoms with van der Waals surface area (Å²) in [4.78, 5) is 30.8. The van der Waals surface area contributed by atoms with Crippen LogP contribution >= 0.6 is 0 Å². The topological polar surface area (TPSA) is 68.3 Å². The Labute approximate surface area is 181 Å². The Morgan fingerprint density at radius 1 is 1.03 bits per heavy atom. The number of hydrogen-bond acceptors (Lipinski definition) is 4. The lowest BCUT2D eigenvalue weighted by molar-refractivity contribution is -0.130. The summed E-state index contributed by atoms with van der Waals surface area (Å²) >= 11 is 0. The first kappa shape index (κ1) is 19.7. The number of ether oxygens (including phenoxy) is 1. The first-order valence-electron chi connectivity index (χ1n) is 11.1. The predicted molar refractivity (Wildman–Crippen MR) is 119 cm³/mol. The molecular weight excluding hydrogens is 388 g/mol. The van der Waals surface area contributed by atoms with Gasteiger partial charge in [-0.1, -0.05) is 42.5 Å². The average Bonchev–Trinajstić information content (AvgIpc) is 3.25. The molecule has 0 unspecified atom stereocenters. The van der Waals surface area contributed by atoms with E-state index >= 15 is 0 Å². The number of pyridine rings is 1. The van der Waals surface area contributed by atoms with Crippen molar-refractivity contribution < 1.29 is 14.3 Å². The van der Waals surface area contributed by atoms with Crippen LogP contribution in [0, 0.1) is 0 Å². The van der Waals surface area contributed by atoms with E-state index in [2.05, 4.69) is 17.4 Å². The van der Waals surface area contributed by atoms with E-state index in [0.717, 1.165) is 60.7 Å². The summed E-state index contributed by atoms with van der Waals surface area (Å²) in [5, 5.41) is 3.89. The second-order valence-electron chi connectivity index (χ2n) is 8.48. The summed E-state index contributed by atoms with van der Waals surface area (Å²) in [7, 11) is 0. The Balaban J connectivity index is 1.35. The molecule has 5 heteroatoms. The maximum absolute atomic E-state index is 13.2. The highest BCUT2D eigenvalue weighted by Crippen LogP contribution is 2.31. The van der Waals surface area contributed by atoms with Crippen LogP contribution in [0.5, 0.6) is 0 Å². The van der Waals surface area contributed by atoms with Crippen LogP contribution in [-0.2, 0) is 28.8 Å². The Morgan fingerprint density at radius 2 is 1.84 bits per heavy atom. The van der Waals surface area contributed by atoms with E-state index in [1.807, 2.05) is 36.4 Å². The molecule has 31 heavy (non-hydrogen) atoms. The molecule has 1 N–H and O–H groups in total. The van der Waals surface area contributed by atoms with Crippen LogP contribution in [0.1, 0.15) is 65.0 Å². The number of para-hydroxylation sites is 1. The lowest BCUT2D eigenvalue weighted by Gasteiger charge is -2.27. The SMILES string of the molecule is C[C@H](OC(=O)c1c2c(nc3ccccc13)CCC2)C(=O)N[C@@H]1CCCc2ccccc21. The van der Waals surface area contributed by atoms with Crippen molar-refractivity contribution in [2.45, 2.75) is 57.6 Å². The largest absolute Gasteiger partial charge is 0.449 e. The first-order valence-corrected chi connectivity index (χ1v) is 11.1. The van der Waals surface area contributed by atoms with Gasteiger partial charge in [-0.2, -0.15) is 0 Å². The Bertz CT molecular complexity index is 1170. The minimum Gasteiger partial charge on any atom is -0.449 e. The van der Waals surface area contributed by atoms with Gasteiger partial charge in [0.25, 0.3) is 5.91 Å². The van der Waals surface area contributed by atoms with E-state index in [0.29, 0.717) is 5.56 Å². The molecule has 0 aliphatic heterocycles. The molecule has 0 bridgehead atoms. The van der Waals surface area contributed by atoms with Gasteiger partial charge in [-0.25, -0.2) is 4.79 Å². The van der Waals surface area contributed by atoms with Gasteiger partial charge in [0.05, 0.1) is 17.1 Å². The van der Waals surface area contributed by atoms with Crippen LogP contribution in [0.25, 0.3) is 10.9 Å². The third kappa shape index (κ3) is 3.69. The minimum atomic E-state index is -0.870. The van der Waals surface area contributed by atoms with E-state index < -0.39 is 12.1 Å². The predicted octanol–water partition coefficient (Wildman–Crippen LogP) is 4.46. The second-order valence-corrected chi connectivity index (χ2v) is 8.48. The summed E-state index contributed by atoms with van der Waals surface area (Å²) in [6, 6.07) is 15.8. The summed E-state index contributed by atoms with van der Waals surface area (Å²) in [5.74, 6) is -0.700. The second kappa shape index (κ2) is 8.14. The fourth-order valence-corrected chi connectivity index (χ4v) is 4.91. The van der Waals surface area contributed by atoms with Crippen LogP contribution in [0.2, 0.25) is 0 Å². The Hall–Kier alpha value is -3.21. The molecule has 2 aliphatic rings. The monoisotopic (exact) mass is 414 g/mol. The van der Waals surface area contributed by atoms with E-state index in [-0.39, 0.29) is 11.9 Å². The molecule has 3 aromatic rings. The smallest absolute Gasteiger partial charge is 0.339 e. The van der Waals surface area contributed by atoms with Gasteiger partial charge in [0.2, 0.25) is 0 Å². The van der Waals surface area contributed by atoms with Gasteiger partial charge in [0.1, 0.15) is 0 Å². The number of rotatable bonds is 4. The number of aryl methyl sites for hydroxylation is 2. The van der Waals surface area contributed by atoms with Crippen molar-refractivity contribution in [1.29, 1.82) is 0 Å². The van der Waals surface area contributed by atoms with Gasteiger partial charge >= 0.3 is 5.97 Å². The number of carbonyl (C=O) groups is 2. The maximum atomic E-state index is 13.2. The van der Waals surface area contributed by atoms with Crippen LogP contribution in [0.15, 0.2) is 48.5 Å². The lowest BCUT2D eigenvalue weighted by Crippen LogP contribution is -2.39. The number of amides is 1. The molecule has 2 aromatic carbocycles. The maximum Gasteiger partial charge on any atom is 0.339 e. The lowest BCUT2D eigenvalue weighted by atomic mass is 9.87. The van der Waals surface area contributed by atoms with Gasteiger partial charge in [0.15, 0.2) is 6.10 Å². The minimum absolute atomic E-state index is 0.0374. The zero-order valence-electron chi connectivity index (χ0n) is 17.7. The van der Waals surface area contributed by atoms with Crippen molar-refractivity contribution in [1.82, 2.24) is 10.3 Å². The highest BCUT2D eigenvalue weighted by molar-refractivity contribution is 6.06. The summed E-state index contributed by atoms with van der Waals surface area (Å²) in [6.07, 6.45) is 4.76. The number of carbonyl (C=O) groups excluding carboxylic acids is 2. The number of esters is 1. The third-order valence-electron chi connectivity index (χ3n) is 6.46. The van der Waals surface area contributed by atoms with Crippen LogP contribution in [0.4, 0.5) is 0 Å². The molecule has 2 atom stereocenters. The van der Waals surface area contributed by atoms with E-state index in [1.54, 1.807) is 6.92 Å². The van der Waals surface area contributed by atoms with Gasteiger partial charge < -0.3 is 10.1 Å². The summed E-state index contributed by atoms with van der Waals surface area (Å²) in [6.45, 7) is 1.64. The van der Waals surface area contributed by atoms with Crippen LogP contribution < -0.4 is 5.32 Å². The van der Waals surface area contributed by atoms with Crippen molar-refractivity contribution in [3.8, 4) is 0 Å². The highest BCUT2D eigenvalue weighted by Gasteiger charge is 2.29. The van der Waals surface area contributed by atoms with Gasteiger partial charge in [-0.15, -0.1) is 0 Å². The molecule has 1 amide bonds. The number of nitrogens with zero attached hydrogens (tertiary/aromatic N) is 1. The molecule has 0 fully saturated rings. The number of benzene rings is 2. The normalized spacial score (nSPS) is 18.2. The molecule has 0 saturated carbocycles. The molecule has 0 saturated heterocycles. The third-order valence-corrected chi connectivity index (χ3v) is 6.46. The van der Waals surface area contributed by atoms with Crippen molar-refractivity contribution in [3.63, 3.8) is 0 Å². The quantitative estimate of drug-likeness (QED) is 0.640. The van der Waals surface area contributed by atoms with Gasteiger partial charge in [0, 0.05) is 11.1 Å². The number of fused-ring (bicyclic) bond motifs is 3. The van der Waals surface area contributed by atoms with Crippen molar-refractivity contribution in [3.05, 3.63) is 76.5 Å². The van der Waals surface area contributed by atoms with E-state index in [1.165, 1.54) is 11.1 Å². The number of aromatic nitrogens is 1. The molecule has 0 radical (unpaired) electrons. The summed E-state index contributed by atoms with van der Waals surface area (Å²) < 4.78 is 5.68. The number of hydrogen-bond donors (Lipinski definition) is 1. The fourth-order valence-electron chi connectivity index (χ4n) is 4.91. The fraction of sp³-hybridized carbons (Fsp3) is 0.346. The molecule has 158 valence electrons. The van der Waals surface area contributed by atoms with Crippen molar-refractivity contribution in [2.24, 2.45) is 0 Å². The first-order chi connectivity index (χ1) is 15.1. The van der Waals surface area contributed by atoms with Gasteiger partial charge in [-0.3, -0.25) is 9.78 Å². The van der Waals surface area contributed by atoms with Crippen LogP contribution in [0.3, 0.4) is 0 Å². The van der Waals surface area contributed by atoms with Crippen molar-refractivity contribution in [2.75, 3.05) is 0 Å². The molecule has 2 aliphatic carbocycles.